The normalized spacial score (nSPS) is 34.8. The molecule has 11 heterocycles. The zero-order valence-electron chi connectivity index (χ0n) is 41.6. The maximum Gasteiger partial charge on any atom is 0.0110 e. The molecule has 0 radical (unpaired) electrons. The summed E-state index contributed by atoms with van der Waals surface area (Å²) < 4.78 is 0. The Morgan fingerprint density at radius 3 is 0.453 bits per heavy atom. The van der Waals surface area contributed by atoms with Crippen LogP contribution < -0.4 is 42.5 Å². The predicted octanol–water partition coefficient (Wildman–Crippen LogP) is -4.95. The Labute approximate surface area is 392 Å². The van der Waals surface area contributed by atoms with Crippen molar-refractivity contribution in [3.8, 4) is 0 Å². The fourth-order valence-corrected chi connectivity index (χ4v) is 9.43. The van der Waals surface area contributed by atoms with Crippen LogP contribution in [0.15, 0.2) is 0 Å². The molecule has 11 aliphatic rings. The van der Waals surface area contributed by atoms with Gasteiger partial charge in [-0.15, -0.1) is 0 Å². The molecular formula is C46H102N18. The van der Waals surface area contributed by atoms with E-state index >= 15 is 0 Å². The van der Waals surface area contributed by atoms with E-state index in [0.29, 0.717) is 0 Å². The van der Waals surface area contributed by atoms with Crippen LogP contribution in [0.4, 0.5) is 0 Å². The Bertz CT molecular complexity index is 903. The molecule has 0 aromatic heterocycles. The number of nitrogens with zero attached hydrogens (tertiary/aromatic N) is 10. The Morgan fingerprint density at radius 1 is 0.156 bits per heavy atom. The maximum atomic E-state index is 3.65. The van der Waals surface area contributed by atoms with E-state index in [0.717, 1.165) is 131 Å². The first-order chi connectivity index (χ1) is 31.6. The second-order valence-corrected chi connectivity index (χ2v) is 19.3. The van der Waals surface area contributed by atoms with Gasteiger partial charge >= 0.3 is 0 Å². The number of likely N-dealkylation sites (N-methyl/N-ethyl adjacent to an activating group) is 2. The van der Waals surface area contributed by atoms with E-state index in [4.69, 9.17) is 0 Å². The average molecular weight is 907 g/mol. The molecule has 0 aliphatic carbocycles. The van der Waals surface area contributed by atoms with Crippen LogP contribution in [0.25, 0.3) is 0 Å². The first-order valence-electron chi connectivity index (χ1n) is 26.4. The summed E-state index contributed by atoms with van der Waals surface area (Å²) in [5.74, 6) is 0. The largest absolute Gasteiger partial charge is 0.314 e. The molecular weight excluding hydrogens is 805 g/mol. The van der Waals surface area contributed by atoms with Gasteiger partial charge in [0.25, 0.3) is 0 Å². The Balaban J connectivity index is 0.888. The highest BCUT2D eigenvalue weighted by atomic mass is 15.3. The van der Waals surface area contributed by atoms with Gasteiger partial charge < -0.3 is 52.3 Å². The van der Waals surface area contributed by atoms with Gasteiger partial charge in [-0.05, 0) is 14.1 Å². The molecule has 0 aromatic rings. The Morgan fingerprint density at radius 2 is 0.281 bits per heavy atom. The highest BCUT2D eigenvalue weighted by Crippen LogP contribution is 2.05. The van der Waals surface area contributed by atoms with Crippen molar-refractivity contribution in [3.05, 3.63) is 0 Å². The molecule has 8 bridgehead atoms. The van der Waals surface area contributed by atoms with Crippen molar-refractivity contribution < 1.29 is 0 Å². The molecule has 0 atom stereocenters. The lowest BCUT2D eigenvalue weighted by atomic mass is 10.3. The van der Waals surface area contributed by atoms with Gasteiger partial charge in [0.05, 0.1) is 0 Å². The molecule has 11 fully saturated rings. The van der Waals surface area contributed by atoms with Crippen molar-refractivity contribution in [1.82, 2.24) is 91.5 Å². The van der Waals surface area contributed by atoms with E-state index in [-0.39, 0.29) is 0 Å². The topological polar surface area (TPSA) is 129 Å². The number of hydrogen-bond acceptors (Lipinski definition) is 18. The van der Waals surface area contributed by atoms with Crippen molar-refractivity contribution in [1.29, 1.82) is 0 Å². The first kappa shape index (κ1) is 54.2. The fraction of sp³-hybridized carbons (Fsp3) is 1.00. The number of piperazine rings is 4. The van der Waals surface area contributed by atoms with E-state index < -0.39 is 0 Å². The SMILES string of the molecule is CN1CCN2CCN(CCNCCNCCNCCNCCN3CCN(CCN(C)CCN4CCN(CCNCCNCCNCCNCCN5CCN(CC1)CC5)CC4)CC3)CC2. The van der Waals surface area contributed by atoms with Crippen LogP contribution in [0.2, 0.25) is 0 Å². The van der Waals surface area contributed by atoms with E-state index in [2.05, 4.69) is 106 Å². The molecule has 11 rings (SSSR count). The van der Waals surface area contributed by atoms with Gasteiger partial charge in [0.2, 0.25) is 0 Å². The monoisotopic (exact) mass is 907 g/mol. The minimum atomic E-state index is 1.03. The van der Waals surface area contributed by atoms with Crippen LogP contribution >= 0.6 is 0 Å². The predicted molar refractivity (Wildman–Crippen MR) is 269 cm³/mol. The summed E-state index contributed by atoms with van der Waals surface area (Å²) in [5.41, 5.74) is 0. The third-order valence-corrected chi connectivity index (χ3v) is 14.3. The summed E-state index contributed by atoms with van der Waals surface area (Å²) in [6.45, 7) is 50.1. The summed E-state index contributed by atoms with van der Waals surface area (Å²) in [4.78, 5) is 26.3. The van der Waals surface area contributed by atoms with Crippen LogP contribution in [0, 0.1) is 0 Å². The van der Waals surface area contributed by atoms with Crippen LogP contribution in [-0.4, -0.2) is 351 Å². The molecule has 0 aromatic carbocycles. The fourth-order valence-electron chi connectivity index (χ4n) is 9.43. The molecule has 64 heavy (non-hydrogen) atoms. The van der Waals surface area contributed by atoms with Crippen molar-refractivity contribution in [2.75, 3.05) is 302 Å². The van der Waals surface area contributed by atoms with Gasteiger partial charge in [-0.2, -0.15) is 0 Å². The first-order valence-corrected chi connectivity index (χ1v) is 26.4. The molecule has 11 saturated heterocycles. The van der Waals surface area contributed by atoms with Gasteiger partial charge in [-0.1, -0.05) is 0 Å². The van der Waals surface area contributed by atoms with Gasteiger partial charge in [0.1, 0.15) is 0 Å². The van der Waals surface area contributed by atoms with Crippen molar-refractivity contribution >= 4 is 0 Å². The van der Waals surface area contributed by atoms with Gasteiger partial charge in [-0.25, -0.2) is 0 Å². The molecule has 0 saturated carbocycles. The van der Waals surface area contributed by atoms with Gasteiger partial charge in [0, 0.05) is 288 Å². The molecule has 18 nitrogen and oxygen atoms in total. The van der Waals surface area contributed by atoms with E-state index in [1.807, 2.05) is 0 Å². The number of nitrogens with one attached hydrogen (secondary N) is 8. The van der Waals surface area contributed by atoms with Gasteiger partial charge in [-0.3, -0.25) is 39.2 Å². The van der Waals surface area contributed by atoms with E-state index in [1.165, 1.54) is 157 Å². The average Bonchev–Trinajstić information content (AvgIpc) is 3.32. The van der Waals surface area contributed by atoms with Crippen molar-refractivity contribution in [3.63, 3.8) is 0 Å². The summed E-state index contributed by atoms with van der Waals surface area (Å²) >= 11 is 0. The molecule has 376 valence electrons. The highest BCUT2D eigenvalue weighted by Gasteiger charge is 2.21. The lowest BCUT2D eigenvalue weighted by Crippen LogP contribution is -2.51. The zero-order valence-corrected chi connectivity index (χ0v) is 41.6. The van der Waals surface area contributed by atoms with Gasteiger partial charge in [0.15, 0.2) is 0 Å². The maximum absolute atomic E-state index is 3.65. The third kappa shape index (κ3) is 25.6. The summed E-state index contributed by atoms with van der Waals surface area (Å²) in [5, 5.41) is 29.0. The van der Waals surface area contributed by atoms with E-state index in [1.54, 1.807) is 0 Å². The van der Waals surface area contributed by atoms with Crippen LogP contribution in [-0.2, 0) is 0 Å². The third-order valence-electron chi connectivity index (χ3n) is 14.3. The zero-order chi connectivity index (χ0) is 44.5. The summed E-state index contributed by atoms with van der Waals surface area (Å²) in [6.07, 6.45) is 0. The number of rotatable bonds is 0. The lowest BCUT2D eigenvalue weighted by Gasteiger charge is -2.36. The Hall–Kier alpha value is -0.720. The quantitative estimate of drug-likeness (QED) is 0.118. The molecule has 0 amide bonds. The van der Waals surface area contributed by atoms with Crippen LogP contribution in [0.1, 0.15) is 0 Å². The number of hydrogen-bond donors (Lipinski definition) is 8. The molecule has 0 unspecified atom stereocenters. The minimum absolute atomic E-state index is 1.03. The molecule has 18 heteroatoms. The smallest absolute Gasteiger partial charge is 0.0110 e. The Kier molecular flexibility index (Phi) is 30.0. The van der Waals surface area contributed by atoms with Crippen LogP contribution in [0.3, 0.4) is 0 Å². The highest BCUT2D eigenvalue weighted by molar-refractivity contribution is 4.78. The summed E-state index contributed by atoms with van der Waals surface area (Å²) in [7, 11) is 4.63. The molecule has 8 N–H and O–H groups in total. The second kappa shape index (κ2) is 35.4. The minimum Gasteiger partial charge on any atom is -0.314 e. The van der Waals surface area contributed by atoms with Crippen LogP contribution in [0.5, 0.6) is 0 Å². The second-order valence-electron chi connectivity index (χ2n) is 19.3. The van der Waals surface area contributed by atoms with E-state index in [9.17, 15) is 0 Å². The standard InChI is InChI=1S/C46H102N18/c1-55-23-27-61-39-31-57(32-40-61)19-15-51-11-7-47-3-5-49-9-13-53-17-21-59-35-43-63(44-36-59)29-25-56(2)26-30-64-45-37-60(38-46-64)22-18-54-14-10-50-6-4-48-8-12-52-16-20-58-33-41-62(28-24-55)42-34-58/h47-54H,3-46H2,1-2H3. The van der Waals surface area contributed by atoms with Crippen molar-refractivity contribution in [2.24, 2.45) is 0 Å². The summed E-state index contributed by atoms with van der Waals surface area (Å²) in [6, 6.07) is 0. The van der Waals surface area contributed by atoms with Crippen molar-refractivity contribution in [2.45, 2.75) is 0 Å². The molecule has 11 aliphatic heterocycles. The lowest BCUT2D eigenvalue weighted by molar-refractivity contribution is 0.109. The molecule has 0 spiro atoms.